The first-order chi connectivity index (χ1) is 9.97. The topological polar surface area (TPSA) is 67.9 Å². The van der Waals surface area contributed by atoms with Crippen LogP contribution in [0, 0.1) is 25.2 Å². The fourth-order valence-electron chi connectivity index (χ4n) is 2.09. The standard InChI is InChI=1S/C15H14BrN3O2/c1-9-14(16)10(2)19(15(20)18-9)8-11-4-5-13(21-3)12(6-11)7-17/h4-6H,8H2,1-3H3. The summed E-state index contributed by atoms with van der Waals surface area (Å²) in [5.74, 6) is 0.522. The van der Waals surface area contributed by atoms with Crippen LogP contribution in [0.1, 0.15) is 22.5 Å². The quantitative estimate of drug-likeness (QED) is 0.855. The van der Waals surface area contributed by atoms with E-state index in [1.807, 2.05) is 13.0 Å². The maximum Gasteiger partial charge on any atom is 0.348 e. The molecular formula is C15H14BrN3O2. The molecule has 0 aliphatic rings. The molecule has 21 heavy (non-hydrogen) atoms. The summed E-state index contributed by atoms with van der Waals surface area (Å²) < 4.78 is 7.50. The number of methoxy groups -OCH3 is 1. The van der Waals surface area contributed by atoms with Crippen LogP contribution in [0.2, 0.25) is 0 Å². The third kappa shape index (κ3) is 2.98. The Balaban J connectivity index is 2.47. The first-order valence-corrected chi connectivity index (χ1v) is 7.07. The van der Waals surface area contributed by atoms with Crippen molar-refractivity contribution in [2.24, 2.45) is 0 Å². The number of halogens is 1. The molecule has 0 saturated carbocycles. The lowest BCUT2D eigenvalue weighted by Gasteiger charge is -2.13. The highest BCUT2D eigenvalue weighted by atomic mass is 79.9. The lowest BCUT2D eigenvalue weighted by molar-refractivity contribution is 0.413. The third-order valence-electron chi connectivity index (χ3n) is 3.26. The van der Waals surface area contributed by atoms with Gasteiger partial charge in [0.25, 0.3) is 0 Å². The SMILES string of the molecule is COc1ccc(Cn2c(C)c(Br)c(C)nc2=O)cc1C#N. The first kappa shape index (κ1) is 15.3. The monoisotopic (exact) mass is 347 g/mol. The molecule has 0 bridgehead atoms. The van der Waals surface area contributed by atoms with E-state index in [-0.39, 0.29) is 5.69 Å². The van der Waals surface area contributed by atoms with E-state index in [1.54, 1.807) is 23.6 Å². The van der Waals surface area contributed by atoms with Gasteiger partial charge in [-0.25, -0.2) is 4.79 Å². The number of hydrogen-bond donors (Lipinski definition) is 0. The second kappa shape index (κ2) is 6.10. The van der Waals surface area contributed by atoms with E-state index in [0.717, 1.165) is 15.7 Å². The Hall–Kier alpha value is -2.13. The molecule has 0 fully saturated rings. The second-order valence-electron chi connectivity index (χ2n) is 4.61. The molecule has 1 aromatic heterocycles. The Kier molecular flexibility index (Phi) is 4.43. The minimum atomic E-state index is -0.303. The molecule has 1 heterocycles. The van der Waals surface area contributed by atoms with Crippen LogP contribution in [0.25, 0.3) is 0 Å². The van der Waals surface area contributed by atoms with Gasteiger partial charge < -0.3 is 4.74 Å². The Morgan fingerprint density at radius 1 is 1.43 bits per heavy atom. The molecule has 0 radical (unpaired) electrons. The predicted octanol–water partition coefficient (Wildman–Crippen LogP) is 2.55. The zero-order valence-electron chi connectivity index (χ0n) is 12.0. The summed E-state index contributed by atoms with van der Waals surface area (Å²) in [5.41, 5.74) is 2.46. The highest BCUT2D eigenvalue weighted by molar-refractivity contribution is 9.10. The van der Waals surface area contributed by atoms with E-state index < -0.39 is 0 Å². The molecule has 2 aromatic rings. The molecule has 1 aromatic carbocycles. The van der Waals surface area contributed by atoms with Crippen molar-refractivity contribution in [3.8, 4) is 11.8 Å². The molecule has 0 atom stereocenters. The van der Waals surface area contributed by atoms with Crippen LogP contribution < -0.4 is 10.4 Å². The molecule has 0 aliphatic heterocycles. The van der Waals surface area contributed by atoms with Crippen molar-refractivity contribution in [3.05, 3.63) is 55.7 Å². The molecule has 6 heteroatoms. The van der Waals surface area contributed by atoms with Crippen LogP contribution >= 0.6 is 15.9 Å². The number of aromatic nitrogens is 2. The van der Waals surface area contributed by atoms with Gasteiger partial charge in [0.05, 0.1) is 29.4 Å². The van der Waals surface area contributed by atoms with Gasteiger partial charge >= 0.3 is 5.69 Å². The molecule has 2 rings (SSSR count). The summed E-state index contributed by atoms with van der Waals surface area (Å²) in [6.07, 6.45) is 0. The number of hydrogen-bond acceptors (Lipinski definition) is 4. The first-order valence-electron chi connectivity index (χ1n) is 6.28. The molecule has 0 saturated heterocycles. The van der Waals surface area contributed by atoms with E-state index in [4.69, 9.17) is 10.00 Å². The predicted molar refractivity (Wildman–Crippen MR) is 82.5 cm³/mol. The Morgan fingerprint density at radius 2 is 2.14 bits per heavy atom. The largest absolute Gasteiger partial charge is 0.495 e. The third-order valence-corrected chi connectivity index (χ3v) is 4.41. The van der Waals surface area contributed by atoms with Crippen LogP contribution in [0.15, 0.2) is 27.5 Å². The van der Waals surface area contributed by atoms with Crippen LogP contribution in [-0.2, 0) is 6.54 Å². The van der Waals surface area contributed by atoms with Crippen molar-refractivity contribution in [2.45, 2.75) is 20.4 Å². The van der Waals surface area contributed by atoms with Crippen LogP contribution in [0.5, 0.6) is 5.75 Å². The highest BCUT2D eigenvalue weighted by Crippen LogP contribution is 2.21. The van der Waals surface area contributed by atoms with Gasteiger partial charge in [-0.3, -0.25) is 4.57 Å². The number of rotatable bonds is 3. The fourth-order valence-corrected chi connectivity index (χ4v) is 2.39. The summed E-state index contributed by atoms with van der Waals surface area (Å²) in [6, 6.07) is 7.37. The molecule has 0 aliphatic carbocycles. The van der Waals surface area contributed by atoms with Crippen LogP contribution in [-0.4, -0.2) is 16.7 Å². The van der Waals surface area contributed by atoms with Gasteiger partial charge in [0.2, 0.25) is 0 Å². The number of benzene rings is 1. The fraction of sp³-hybridized carbons (Fsp3) is 0.267. The lowest BCUT2D eigenvalue weighted by atomic mass is 10.1. The number of ether oxygens (including phenoxy) is 1. The van der Waals surface area contributed by atoms with Crippen LogP contribution in [0.4, 0.5) is 0 Å². The Labute approximate surface area is 130 Å². The van der Waals surface area contributed by atoms with Crippen molar-refractivity contribution >= 4 is 15.9 Å². The molecule has 0 unspecified atom stereocenters. The molecular weight excluding hydrogens is 334 g/mol. The summed E-state index contributed by atoms with van der Waals surface area (Å²) >= 11 is 3.43. The highest BCUT2D eigenvalue weighted by Gasteiger charge is 2.11. The van der Waals surface area contributed by atoms with E-state index in [9.17, 15) is 4.79 Å². The van der Waals surface area contributed by atoms with Gasteiger partial charge in [-0.15, -0.1) is 0 Å². The smallest absolute Gasteiger partial charge is 0.348 e. The van der Waals surface area contributed by atoms with E-state index >= 15 is 0 Å². The Morgan fingerprint density at radius 3 is 2.76 bits per heavy atom. The van der Waals surface area contributed by atoms with E-state index in [2.05, 4.69) is 27.0 Å². The van der Waals surface area contributed by atoms with E-state index in [1.165, 1.54) is 7.11 Å². The molecule has 108 valence electrons. The molecule has 0 amide bonds. The van der Waals surface area contributed by atoms with Gasteiger partial charge in [-0.1, -0.05) is 6.07 Å². The minimum absolute atomic E-state index is 0.303. The Bertz CT molecular complexity index is 791. The number of nitrogens with zero attached hydrogens (tertiary/aromatic N) is 3. The molecule has 0 spiro atoms. The van der Waals surface area contributed by atoms with Gasteiger partial charge in [-0.2, -0.15) is 10.2 Å². The average Bonchev–Trinajstić information content (AvgIpc) is 2.49. The zero-order chi connectivity index (χ0) is 15.6. The van der Waals surface area contributed by atoms with E-state index in [0.29, 0.717) is 23.6 Å². The normalized spacial score (nSPS) is 10.2. The molecule has 5 nitrogen and oxygen atoms in total. The summed E-state index contributed by atoms with van der Waals surface area (Å²) in [7, 11) is 1.52. The second-order valence-corrected chi connectivity index (χ2v) is 5.40. The van der Waals surface area contributed by atoms with Gasteiger partial charge in [0.15, 0.2) is 0 Å². The zero-order valence-corrected chi connectivity index (χ0v) is 13.6. The minimum Gasteiger partial charge on any atom is -0.495 e. The van der Waals surface area contributed by atoms with Crippen molar-refractivity contribution in [2.75, 3.05) is 7.11 Å². The van der Waals surface area contributed by atoms with Crippen molar-refractivity contribution in [3.63, 3.8) is 0 Å². The lowest BCUT2D eigenvalue weighted by Crippen LogP contribution is -2.26. The van der Waals surface area contributed by atoms with Gasteiger partial charge in [-0.05, 0) is 47.5 Å². The maximum absolute atomic E-state index is 12.0. The summed E-state index contributed by atoms with van der Waals surface area (Å²) in [6.45, 7) is 3.99. The number of aryl methyl sites for hydroxylation is 1. The summed E-state index contributed by atoms with van der Waals surface area (Å²) in [5, 5.41) is 9.11. The maximum atomic E-state index is 12.0. The average molecular weight is 348 g/mol. The van der Waals surface area contributed by atoms with Crippen molar-refractivity contribution in [1.82, 2.24) is 9.55 Å². The van der Waals surface area contributed by atoms with Crippen molar-refractivity contribution in [1.29, 1.82) is 5.26 Å². The molecule has 0 N–H and O–H groups in total. The van der Waals surface area contributed by atoms with Gasteiger partial charge in [0, 0.05) is 5.69 Å². The summed E-state index contributed by atoms with van der Waals surface area (Å²) in [4.78, 5) is 16.0. The van der Waals surface area contributed by atoms with Crippen LogP contribution in [0.3, 0.4) is 0 Å². The van der Waals surface area contributed by atoms with Crippen molar-refractivity contribution < 1.29 is 4.74 Å². The number of nitriles is 1. The van der Waals surface area contributed by atoms with Gasteiger partial charge in [0.1, 0.15) is 11.8 Å².